The number of hydrogen-bond donors (Lipinski definition) is 1. The molecule has 1 aliphatic rings. The average Bonchev–Trinajstić information content (AvgIpc) is 3.28. The molecule has 32 heavy (non-hydrogen) atoms. The molecular weight excluding hydrogens is 470 g/mol. The summed E-state index contributed by atoms with van der Waals surface area (Å²) in [6.45, 7) is 2.85. The van der Waals surface area contributed by atoms with Crippen LogP contribution in [0.1, 0.15) is 51.6 Å². The number of carboxylic acid groups (broad SMARTS) is 1. The van der Waals surface area contributed by atoms with Crippen LogP contribution in [0, 0.1) is 6.92 Å². The third-order valence-electron chi connectivity index (χ3n) is 5.97. The highest BCUT2D eigenvalue weighted by atomic mass is 79.9. The topological polar surface area (TPSA) is 75.5 Å². The van der Waals surface area contributed by atoms with Crippen molar-refractivity contribution in [2.75, 3.05) is 18.6 Å². The van der Waals surface area contributed by atoms with Crippen molar-refractivity contribution in [1.29, 1.82) is 0 Å². The van der Waals surface area contributed by atoms with Gasteiger partial charge in [0.25, 0.3) is 0 Å². The van der Waals surface area contributed by atoms with E-state index in [1.165, 1.54) is 11.8 Å². The third-order valence-corrected chi connectivity index (χ3v) is 6.50. The van der Waals surface area contributed by atoms with Crippen LogP contribution in [0.25, 0.3) is 0 Å². The van der Waals surface area contributed by atoms with Gasteiger partial charge in [-0.05, 0) is 67.5 Å². The predicted octanol–water partition coefficient (Wildman–Crippen LogP) is 5.38. The molecule has 1 atom stereocenters. The number of halogens is 1. The first-order valence-corrected chi connectivity index (χ1v) is 11.5. The van der Waals surface area contributed by atoms with Gasteiger partial charge < -0.3 is 14.7 Å². The Morgan fingerprint density at radius 2 is 2.00 bits per heavy atom. The number of benzene rings is 2. The fraction of sp³-hybridized carbons (Fsp3) is 0.320. The molecule has 0 spiro atoms. The van der Waals surface area contributed by atoms with E-state index in [9.17, 15) is 9.90 Å². The molecule has 1 fully saturated rings. The number of aryl methyl sites for hydroxylation is 3. The minimum atomic E-state index is -1.00. The lowest BCUT2D eigenvalue weighted by molar-refractivity contribution is 0.0694. The van der Waals surface area contributed by atoms with Crippen LogP contribution in [0.4, 0.5) is 5.95 Å². The summed E-state index contributed by atoms with van der Waals surface area (Å²) in [5.41, 5.74) is 4.08. The second-order valence-corrected chi connectivity index (χ2v) is 8.96. The molecule has 2 aromatic carbocycles. The first kappa shape index (κ1) is 22.3. The van der Waals surface area contributed by atoms with Gasteiger partial charge in [0.05, 0.1) is 24.4 Å². The summed E-state index contributed by atoms with van der Waals surface area (Å²) in [5, 5.41) is 9.68. The van der Waals surface area contributed by atoms with Gasteiger partial charge in [-0.15, -0.1) is 0 Å². The van der Waals surface area contributed by atoms with E-state index in [0.29, 0.717) is 24.5 Å². The Balaban J connectivity index is 1.60. The number of nitrogens with zero attached hydrogens (tertiary/aromatic N) is 3. The Hall–Kier alpha value is -2.93. The number of carboxylic acids is 1. The van der Waals surface area contributed by atoms with Crippen LogP contribution in [-0.2, 0) is 12.8 Å². The summed E-state index contributed by atoms with van der Waals surface area (Å²) in [7, 11) is 1.66. The number of methoxy groups -OCH3 is 1. The molecule has 7 heteroatoms. The van der Waals surface area contributed by atoms with Gasteiger partial charge >= 0.3 is 5.97 Å². The number of anilines is 1. The molecule has 1 aliphatic heterocycles. The largest absolute Gasteiger partial charge is 0.496 e. The van der Waals surface area contributed by atoms with Crippen LogP contribution in [0.3, 0.4) is 0 Å². The van der Waals surface area contributed by atoms with Gasteiger partial charge in [0.15, 0.2) is 0 Å². The van der Waals surface area contributed by atoms with Crippen LogP contribution in [0.5, 0.6) is 5.75 Å². The zero-order valence-corrected chi connectivity index (χ0v) is 19.8. The highest BCUT2D eigenvalue weighted by Gasteiger charge is 2.29. The summed E-state index contributed by atoms with van der Waals surface area (Å²) < 4.78 is 6.46. The summed E-state index contributed by atoms with van der Waals surface area (Å²) in [5.74, 6) is 0.426. The fourth-order valence-electron chi connectivity index (χ4n) is 4.23. The van der Waals surface area contributed by atoms with Crippen LogP contribution < -0.4 is 9.64 Å². The molecule has 1 saturated heterocycles. The van der Waals surface area contributed by atoms with E-state index in [-0.39, 0.29) is 11.6 Å². The molecular formula is C25H26BrN3O3. The molecule has 1 aromatic heterocycles. The maximum atomic E-state index is 11.8. The molecule has 0 amide bonds. The second-order valence-electron chi connectivity index (χ2n) is 8.04. The Kier molecular flexibility index (Phi) is 6.74. The van der Waals surface area contributed by atoms with Crippen molar-refractivity contribution in [2.45, 2.75) is 38.6 Å². The molecule has 1 N–H and O–H groups in total. The van der Waals surface area contributed by atoms with E-state index in [1.54, 1.807) is 7.11 Å². The van der Waals surface area contributed by atoms with E-state index in [0.717, 1.165) is 40.7 Å². The van der Waals surface area contributed by atoms with Crippen molar-refractivity contribution < 1.29 is 14.6 Å². The standard InChI is InChI=1S/C25H26BrN3O3/c1-16-5-6-17(14-23(16)32-2)7-12-21-20(24(30)31)15-27-25(28-21)29-13-3-4-22(29)18-8-10-19(26)11-9-18/h5-6,8-11,14-15,22H,3-4,7,12-13H2,1-2H3,(H,30,31). The normalized spacial score (nSPS) is 15.7. The van der Waals surface area contributed by atoms with Gasteiger partial charge in [0.2, 0.25) is 5.95 Å². The Morgan fingerprint density at radius 1 is 1.22 bits per heavy atom. The summed E-state index contributed by atoms with van der Waals surface area (Å²) in [6.07, 6.45) is 4.70. The Morgan fingerprint density at radius 3 is 2.72 bits per heavy atom. The number of aromatic nitrogens is 2. The maximum Gasteiger partial charge on any atom is 0.339 e. The van der Waals surface area contributed by atoms with Crippen LogP contribution in [0.2, 0.25) is 0 Å². The number of ether oxygens (including phenoxy) is 1. The lowest BCUT2D eigenvalue weighted by Crippen LogP contribution is -2.25. The quantitative estimate of drug-likeness (QED) is 0.474. The summed E-state index contributed by atoms with van der Waals surface area (Å²) in [6, 6.07) is 14.6. The fourth-order valence-corrected chi connectivity index (χ4v) is 4.50. The van der Waals surface area contributed by atoms with Gasteiger partial charge in [-0.1, -0.05) is 40.2 Å². The minimum absolute atomic E-state index is 0.159. The van der Waals surface area contributed by atoms with Crippen LogP contribution in [-0.4, -0.2) is 34.7 Å². The first-order valence-electron chi connectivity index (χ1n) is 10.7. The van der Waals surface area contributed by atoms with Gasteiger partial charge in [0.1, 0.15) is 5.75 Å². The van der Waals surface area contributed by atoms with Gasteiger partial charge in [-0.3, -0.25) is 0 Å². The van der Waals surface area contributed by atoms with Crippen molar-refractivity contribution in [3.8, 4) is 5.75 Å². The highest BCUT2D eigenvalue weighted by Crippen LogP contribution is 2.35. The molecule has 3 aromatic rings. The molecule has 6 nitrogen and oxygen atoms in total. The average molecular weight is 496 g/mol. The maximum absolute atomic E-state index is 11.8. The first-order chi connectivity index (χ1) is 15.5. The van der Waals surface area contributed by atoms with Crippen molar-refractivity contribution in [3.63, 3.8) is 0 Å². The number of rotatable bonds is 7. The van der Waals surface area contributed by atoms with Crippen LogP contribution >= 0.6 is 15.9 Å². The summed E-state index contributed by atoms with van der Waals surface area (Å²) in [4.78, 5) is 23.2. The van der Waals surface area contributed by atoms with Gasteiger partial charge in [-0.25, -0.2) is 14.8 Å². The lowest BCUT2D eigenvalue weighted by atomic mass is 10.0. The molecule has 166 valence electrons. The SMILES string of the molecule is COc1cc(CCc2nc(N3CCCC3c3ccc(Br)cc3)ncc2C(=O)O)ccc1C. The number of carbonyl (C=O) groups is 1. The van der Waals surface area contributed by atoms with E-state index in [1.807, 2.05) is 37.3 Å². The van der Waals surface area contributed by atoms with Gasteiger partial charge in [-0.2, -0.15) is 0 Å². The lowest BCUT2D eigenvalue weighted by Gasteiger charge is -2.25. The molecule has 0 bridgehead atoms. The molecule has 1 unspecified atom stereocenters. The molecule has 0 saturated carbocycles. The Labute approximate surface area is 196 Å². The second kappa shape index (κ2) is 9.69. The predicted molar refractivity (Wildman–Crippen MR) is 128 cm³/mol. The van der Waals surface area contributed by atoms with Gasteiger partial charge in [0, 0.05) is 17.2 Å². The van der Waals surface area contributed by atoms with E-state index in [4.69, 9.17) is 9.72 Å². The van der Waals surface area contributed by atoms with E-state index >= 15 is 0 Å². The number of aromatic carboxylic acids is 1. The van der Waals surface area contributed by atoms with Crippen LogP contribution in [0.15, 0.2) is 53.1 Å². The van der Waals surface area contributed by atoms with Crippen molar-refractivity contribution in [2.24, 2.45) is 0 Å². The van der Waals surface area contributed by atoms with E-state index in [2.05, 4.69) is 37.9 Å². The monoisotopic (exact) mass is 495 g/mol. The highest BCUT2D eigenvalue weighted by molar-refractivity contribution is 9.10. The van der Waals surface area contributed by atoms with Crippen molar-refractivity contribution in [1.82, 2.24) is 9.97 Å². The molecule has 0 aliphatic carbocycles. The zero-order valence-electron chi connectivity index (χ0n) is 18.2. The summed E-state index contributed by atoms with van der Waals surface area (Å²) >= 11 is 3.49. The van der Waals surface area contributed by atoms with Crippen molar-refractivity contribution >= 4 is 27.8 Å². The molecule has 2 heterocycles. The third kappa shape index (κ3) is 4.78. The smallest absolute Gasteiger partial charge is 0.339 e. The Bertz CT molecular complexity index is 1120. The van der Waals surface area contributed by atoms with E-state index < -0.39 is 5.97 Å². The minimum Gasteiger partial charge on any atom is -0.496 e. The zero-order chi connectivity index (χ0) is 22.7. The molecule has 4 rings (SSSR count). The van der Waals surface area contributed by atoms with Crippen molar-refractivity contribution in [3.05, 3.63) is 81.1 Å². The molecule has 0 radical (unpaired) electrons. The number of hydrogen-bond acceptors (Lipinski definition) is 5.